The summed E-state index contributed by atoms with van der Waals surface area (Å²) in [6, 6.07) is 4.32. The Balaban J connectivity index is 2.06. The van der Waals surface area contributed by atoms with Crippen molar-refractivity contribution in [3.8, 4) is 0 Å². The molecule has 1 amide bonds. The maximum absolute atomic E-state index is 12.2. The normalized spacial score (nSPS) is 12.0. The molecule has 0 unspecified atom stereocenters. The summed E-state index contributed by atoms with van der Waals surface area (Å²) in [7, 11) is 1.83. The van der Waals surface area contributed by atoms with Crippen LogP contribution in [0, 0.1) is 17.0 Å². The third kappa shape index (κ3) is 3.46. The lowest BCUT2D eigenvalue weighted by atomic mass is 10.1. The molecule has 8 nitrogen and oxygen atoms in total. The third-order valence-electron chi connectivity index (χ3n) is 3.29. The number of benzene rings is 1. The minimum Gasteiger partial charge on any atom is -0.351 e. The Hall–Kier alpha value is -2.77. The van der Waals surface area contributed by atoms with Gasteiger partial charge < -0.3 is 9.88 Å². The van der Waals surface area contributed by atoms with Crippen LogP contribution in [0.1, 0.15) is 34.6 Å². The molecule has 0 saturated carbocycles. The highest BCUT2D eigenvalue weighted by molar-refractivity contribution is 5.95. The number of rotatable bonds is 5. The summed E-state index contributed by atoms with van der Waals surface area (Å²) >= 11 is 0. The number of nitrogens with one attached hydrogen (secondary N) is 1. The van der Waals surface area contributed by atoms with E-state index in [1.807, 2.05) is 14.0 Å². The predicted octanol–water partition coefficient (Wildman–Crippen LogP) is 1.57. The molecule has 0 aliphatic rings. The molecule has 0 aliphatic heterocycles. The summed E-state index contributed by atoms with van der Waals surface area (Å²) < 4.78 is 1.79. The quantitative estimate of drug-likeness (QED) is 0.667. The van der Waals surface area contributed by atoms with Crippen LogP contribution in [0.2, 0.25) is 0 Å². The van der Waals surface area contributed by atoms with E-state index in [1.165, 1.54) is 12.1 Å². The fourth-order valence-electron chi connectivity index (χ4n) is 2.18. The van der Waals surface area contributed by atoms with Crippen molar-refractivity contribution in [2.75, 3.05) is 6.54 Å². The van der Waals surface area contributed by atoms with Crippen LogP contribution in [-0.2, 0) is 7.05 Å². The molecule has 22 heavy (non-hydrogen) atoms. The highest BCUT2D eigenvalue weighted by Crippen LogP contribution is 2.17. The molecule has 1 atom stereocenters. The lowest BCUT2D eigenvalue weighted by Gasteiger charge is -2.12. The first-order chi connectivity index (χ1) is 10.4. The van der Waals surface area contributed by atoms with E-state index in [2.05, 4.69) is 15.5 Å². The number of non-ortho nitro benzene ring substituents is 1. The number of aromatic nitrogens is 3. The summed E-state index contributed by atoms with van der Waals surface area (Å²) in [4.78, 5) is 22.5. The molecule has 116 valence electrons. The van der Waals surface area contributed by atoms with Crippen LogP contribution >= 0.6 is 0 Å². The maximum atomic E-state index is 12.2. The van der Waals surface area contributed by atoms with Crippen LogP contribution in [0.25, 0.3) is 0 Å². The van der Waals surface area contributed by atoms with Gasteiger partial charge in [0.1, 0.15) is 12.2 Å². The second-order valence-corrected chi connectivity index (χ2v) is 5.23. The maximum Gasteiger partial charge on any atom is 0.270 e. The van der Waals surface area contributed by atoms with Gasteiger partial charge in [0.25, 0.3) is 11.6 Å². The Morgan fingerprint density at radius 1 is 1.45 bits per heavy atom. The van der Waals surface area contributed by atoms with E-state index in [-0.39, 0.29) is 23.1 Å². The molecule has 8 heteroatoms. The number of nitrogens with zero attached hydrogens (tertiary/aromatic N) is 4. The summed E-state index contributed by atoms with van der Waals surface area (Å²) in [6.07, 6.45) is 1.59. The fraction of sp³-hybridized carbons (Fsp3) is 0.357. The molecule has 0 bridgehead atoms. The summed E-state index contributed by atoms with van der Waals surface area (Å²) in [5.41, 5.74) is 0.851. The third-order valence-corrected chi connectivity index (χ3v) is 3.29. The number of hydrogen-bond acceptors (Lipinski definition) is 5. The molecule has 0 aliphatic carbocycles. The van der Waals surface area contributed by atoms with Gasteiger partial charge in [-0.15, -0.1) is 10.2 Å². The first-order valence-corrected chi connectivity index (χ1v) is 6.76. The van der Waals surface area contributed by atoms with Crippen molar-refractivity contribution in [3.05, 3.63) is 51.6 Å². The first-order valence-electron chi connectivity index (χ1n) is 6.76. The lowest BCUT2D eigenvalue weighted by Crippen LogP contribution is -2.28. The van der Waals surface area contributed by atoms with Crippen molar-refractivity contribution in [3.63, 3.8) is 0 Å². The molecular weight excluding hydrogens is 286 g/mol. The van der Waals surface area contributed by atoms with Crippen LogP contribution < -0.4 is 5.32 Å². The van der Waals surface area contributed by atoms with E-state index in [4.69, 9.17) is 0 Å². The zero-order valence-electron chi connectivity index (χ0n) is 12.6. The Bertz CT molecular complexity index is 710. The van der Waals surface area contributed by atoms with E-state index < -0.39 is 4.92 Å². The van der Waals surface area contributed by atoms with Crippen LogP contribution in [0.4, 0.5) is 5.69 Å². The molecular formula is C14H17N5O3. The van der Waals surface area contributed by atoms with Crippen molar-refractivity contribution in [2.45, 2.75) is 19.8 Å². The molecule has 1 aromatic carbocycles. The zero-order valence-corrected chi connectivity index (χ0v) is 12.6. The molecule has 0 fully saturated rings. The number of carbonyl (C=O) groups is 1. The van der Waals surface area contributed by atoms with Crippen LogP contribution in [0.3, 0.4) is 0 Å². The highest BCUT2D eigenvalue weighted by Gasteiger charge is 2.16. The molecule has 0 saturated heterocycles. The van der Waals surface area contributed by atoms with Gasteiger partial charge in [-0.25, -0.2) is 0 Å². The number of carbonyl (C=O) groups excluding carboxylic acids is 1. The summed E-state index contributed by atoms with van der Waals surface area (Å²) in [5, 5.41) is 21.4. The molecule has 1 aromatic heterocycles. The van der Waals surface area contributed by atoms with E-state index in [1.54, 1.807) is 23.9 Å². The van der Waals surface area contributed by atoms with E-state index in [0.717, 1.165) is 5.82 Å². The highest BCUT2D eigenvalue weighted by atomic mass is 16.6. The SMILES string of the molecule is Cc1cc(C(=O)NC[C@@H](C)c2nncn2C)cc([N+](=O)[O-])c1. The standard InChI is InChI=1S/C14H17N5O3/c1-9-4-11(6-12(5-9)19(21)22)14(20)15-7-10(2)13-17-16-8-18(13)3/h4-6,8,10H,7H2,1-3H3,(H,15,20)/t10-/m1/s1. The van der Waals surface area contributed by atoms with Gasteiger partial charge in [0.15, 0.2) is 0 Å². The minimum absolute atomic E-state index is 0.0174. The smallest absolute Gasteiger partial charge is 0.270 e. The number of amides is 1. The van der Waals surface area contributed by atoms with Gasteiger partial charge in [-0.2, -0.15) is 0 Å². The summed E-state index contributed by atoms with van der Waals surface area (Å²) in [6.45, 7) is 4.00. The first kappa shape index (κ1) is 15.6. The molecule has 0 radical (unpaired) electrons. The number of hydrogen-bond donors (Lipinski definition) is 1. The van der Waals surface area contributed by atoms with Gasteiger partial charge in [-0.3, -0.25) is 14.9 Å². The van der Waals surface area contributed by atoms with Gasteiger partial charge in [0.2, 0.25) is 0 Å². The number of nitro benzene ring substituents is 1. The topological polar surface area (TPSA) is 103 Å². The second kappa shape index (κ2) is 6.33. The number of aryl methyl sites for hydroxylation is 2. The second-order valence-electron chi connectivity index (χ2n) is 5.23. The number of nitro groups is 1. The predicted molar refractivity (Wildman–Crippen MR) is 79.6 cm³/mol. The molecule has 0 spiro atoms. The summed E-state index contributed by atoms with van der Waals surface area (Å²) in [5.74, 6) is 0.396. The Labute approximate surface area is 127 Å². The average molecular weight is 303 g/mol. The molecule has 1 N–H and O–H groups in total. The van der Waals surface area contributed by atoms with E-state index in [9.17, 15) is 14.9 Å². The average Bonchev–Trinajstić information content (AvgIpc) is 2.89. The minimum atomic E-state index is -0.508. The van der Waals surface area contributed by atoms with Gasteiger partial charge in [0.05, 0.1) is 4.92 Å². The largest absolute Gasteiger partial charge is 0.351 e. The van der Waals surface area contributed by atoms with Crippen molar-refractivity contribution < 1.29 is 9.72 Å². The molecule has 1 heterocycles. The van der Waals surface area contributed by atoms with Crippen LogP contribution in [0.5, 0.6) is 0 Å². The van der Waals surface area contributed by atoms with Crippen LogP contribution in [0.15, 0.2) is 24.5 Å². The van der Waals surface area contributed by atoms with E-state index >= 15 is 0 Å². The lowest BCUT2D eigenvalue weighted by molar-refractivity contribution is -0.384. The monoisotopic (exact) mass is 303 g/mol. The Morgan fingerprint density at radius 2 is 2.18 bits per heavy atom. The van der Waals surface area contributed by atoms with Gasteiger partial charge in [-0.05, 0) is 18.6 Å². The molecule has 2 aromatic rings. The van der Waals surface area contributed by atoms with Crippen molar-refractivity contribution >= 4 is 11.6 Å². The fourth-order valence-corrected chi connectivity index (χ4v) is 2.18. The van der Waals surface area contributed by atoms with Crippen LogP contribution in [-0.4, -0.2) is 32.1 Å². The van der Waals surface area contributed by atoms with Gasteiger partial charge in [0, 0.05) is 37.2 Å². The Kier molecular flexibility index (Phi) is 4.50. The zero-order chi connectivity index (χ0) is 16.3. The van der Waals surface area contributed by atoms with E-state index in [0.29, 0.717) is 12.1 Å². The van der Waals surface area contributed by atoms with Crippen molar-refractivity contribution in [2.24, 2.45) is 7.05 Å². The van der Waals surface area contributed by atoms with Crippen molar-refractivity contribution in [1.82, 2.24) is 20.1 Å². The van der Waals surface area contributed by atoms with Crippen molar-refractivity contribution in [1.29, 1.82) is 0 Å². The Morgan fingerprint density at radius 3 is 2.77 bits per heavy atom. The van der Waals surface area contributed by atoms with Gasteiger partial charge in [-0.1, -0.05) is 6.92 Å². The molecule has 2 rings (SSSR count). The van der Waals surface area contributed by atoms with Gasteiger partial charge >= 0.3 is 0 Å².